The molecule has 1 nitrogen and oxygen atoms in total. The van der Waals surface area contributed by atoms with Gasteiger partial charge in [0.1, 0.15) is 5.82 Å². The van der Waals surface area contributed by atoms with Crippen LogP contribution in [0.4, 0.5) is 4.39 Å². The largest absolute Gasteiger partial charge is 0.317 e. The minimum Gasteiger partial charge on any atom is -0.317 e. The van der Waals surface area contributed by atoms with E-state index in [0.29, 0.717) is 5.02 Å². The van der Waals surface area contributed by atoms with Crippen LogP contribution in [-0.2, 0) is 6.42 Å². The number of hydrogen-bond acceptors (Lipinski definition) is 1. The molecule has 0 amide bonds. The standard InChI is InChI=1S/C13H19ClFN/c1-2-8-16-9-4-3-5-11-10-12(14)6-7-13(11)15/h6-7,10,16H,2-5,8-9H2,1H3. The molecule has 0 bridgehead atoms. The molecule has 0 saturated carbocycles. The van der Waals surface area contributed by atoms with Crippen LogP contribution in [0.25, 0.3) is 0 Å². The highest BCUT2D eigenvalue weighted by molar-refractivity contribution is 6.30. The Morgan fingerprint density at radius 1 is 1.25 bits per heavy atom. The molecular weight excluding hydrogens is 225 g/mol. The summed E-state index contributed by atoms with van der Waals surface area (Å²) in [5.41, 5.74) is 0.725. The zero-order valence-corrected chi connectivity index (χ0v) is 10.5. The highest BCUT2D eigenvalue weighted by Gasteiger charge is 2.02. The Labute approximate surface area is 102 Å². The molecule has 0 aromatic heterocycles. The number of benzene rings is 1. The fraction of sp³-hybridized carbons (Fsp3) is 0.538. The van der Waals surface area contributed by atoms with Crippen LogP contribution < -0.4 is 5.32 Å². The fourth-order valence-electron chi connectivity index (χ4n) is 1.60. The van der Waals surface area contributed by atoms with Crippen LogP contribution in [0, 0.1) is 5.82 Å². The quantitative estimate of drug-likeness (QED) is 0.719. The smallest absolute Gasteiger partial charge is 0.126 e. The molecule has 1 rings (SSSR count). The first kappa shape index (κ1) is 13.5. The maximum atomic E-state index is 13.3. The summed E-state index contributed by atoms with van der Waals surface area (Å²) in [6.45, 7) is 4.22. The van der Waals surface area contributed by atoms with Crippen LogP contribution in [-0.4, -0.2) is 13.1 Å². The minimum atomic E-state index is -0.147. The van der Waals surface area contributed by atoms with Gasteiger partial charge in [-0.1, -0.05) is 18.5 Å². The van der Waals surface area contributed by atoms with E-state index in [9.17, 15) is 4.39 Å². The molecule has 16 heavy (non-hydrogen) atoms. The van der Waals surface area contributed by atoms with Gasteiger partial charge in [0.25, 0.3) is 0 Å². The lowest BCUT2D eigenvalue weighted by Gasteiger charge is -2.05. The number of unbranched alkanes of at least 4 members (excludes halogenated alkanes) is 1. The molecule has 0 fully saturated rings. The Kier molecular flexibility index (Phi) is 6.43. The summed E-state index contributed by atoms with van der Waals surface area (Å²) in [4.78, 5) is 0. The molecule has 0 atom stereocenters. The molecule has 90 valence electrons. The van der Waals surface area contributed by atoms with E-state index in [-0.39, 0.29) is 5.82 Å². The highest BCUT2D eigenvalue weighted by Crippen LogP contribution is 2.16. The Balaban J connectivity index is 2.23. The minimum absolute atomic E-state index is 0.147. The monoisotopic (exact) mass is 243 g/mol. The van der Waals surface area contributed by atoms with E-state index < -0.39 is 0 Å². The summed E-state index contributed by atoms with van der Waals surface area (Å²) in [6.07, 6.45) is 3.99. The molecule has 0 aliphatic carbocycles. The van der Waals surface area contributed by atoms with E-state index in [4.69, 9.17) is 11.6 Å². The Morgan fingerprint density at radius 3 is 2.81 bits per heavy atom. The predicted octanol–water partition coefficient (Wildman–Crippen LogP) is 3.80. The highest BCUT2D eigenvalue weighted by atomic mass is 35.5. The molecule has 0 saturated heterocycles. The van der Waals surface area contributed by atoms with Crippen molar-refractivity contribution >= 4 is 11.6 Å². The number of rotatable bonds is 7. The second kappa shape index (κ2) is 7.64. The first-order valence-corrected chi connectivity index (χ1v) is 6.26. The van der Waals surface area contributed by atoms with Gasteiger partial charge in [-0.05, 0) is 62.5 Å². The first-order valence-electron chi connectivity index (χ1n) is 5.88. The lowest BCUT2D eigenvalue weighted by Crippen LogP contribution is -2.15. The van der Waals surface area contributed by atoms with Crippen molar-refractivity contribution in [3.8, 4) is 0 Å². The number of halogens is 2. The summed E-state index contributed by atoms with van der Waals surface area (Å²) >= 11 is 5.82. The van der Waals surface area contributed by atoms with Crippen LogP contribution >= 0.6 is 11.6 Å². The third-order valence-corrected chi connectivity index (χ3v) is 2.72. The molecule has 0 heterocycles. The van der Waals surface area contributed by atoms with Crippen LogP contribution in [0.2, 0.25) is 5.02 Å². The van der Waals surface area contributed by atoms with Crippen molar-refractivity contribution in [1.82, 2.24) is 5.32 Å². The van der Waals surface area contributed by atoms with Crippen molar-refractivity contribution in [3.63, 3.8) is 0 Å². The van der Waals surface area contributed by atoms with Gasteiger partial charge in [0.15, 0.2) is 0 Å². The molecule has 0 spiro atoms. The van der Waals surface area contributed by atoms with Gasteiger partial charge in [0, 0.05) is 5.02 Å². The van der Waals surface area contributed by atoms with Gasteiger partial charge in [-0.2, -0.15) is 0 Å². The Morgan fingerprint density at radius 2 is 2.06 bits per heavy atom. The van der Waals surface area contributed by atoms with E-state index in [2.05, 4.69) is 12.2 Å². The van der Waals surface area contributed by atoms with E-state index in [0.717, 1.165) is 44.3 Å². The average molecular weight is 244 g/mol. The zero-order chi connectivity index (χ0) is 11.8. The van der Waals surface area contributed by atoms with Crippen LogP contribution in [0.5, 0.6) is 0 Å². The SMILES string of the molecule is CCCNCCCCc1cc(Cl)ccc1F. The lowest BCUT2D eigenvalue weighted by atomic mass is 10.1. The Hall–Kier alpha value is -0.600. The number of aryl methyl sites for hydroxylation is 1. The van der Waals surface area contributed by atoms with Crippen molar-refractivity contribution in [1.29, 1.82) is 0 Å². The van der Waals surface area contributed by atoms with Crippen molar-refractivity contribution in [2.75, 3.05) is 13.1 Å². The summed E-state index contributed by atoms with van der Waals surface area (Å²) in [5, 5.41) is 3.94. The zero-order valence-electron chi connectivity index (χ0n) is 9.73. The van der Waals surface area contributed by atoms with E-state index in [1.165, 1.54) is 6.07 Å². The topological polar surface area (TPSA) is 12.0 Å². The van der Waals surface area contributed by atoms with Gasteiger partial charge in [-0.3, -0.25) is 0 Å². The van der Waals surface area contributed by atoms with E-state index in [1.807, 2.05) is 0 Å². The van der Waals surface area contributed by atoms with Gasteiger partial charge in [0.05, 0.1) is 0 Å². The molecule has 0 aliphatic rings. The molecule has 1 aromatic rings. The van der Waals surface area contributed by atoms with Gasteiger partial charge < -0.3 is 5.32 Å². The molecular formula is C13H19ClFN. The summed E-state index contributed by atoms with van der Waals surface area (Å²) < 4.78 is 13.3. The summed E-state index contributed by atoms with van der Waals surface area (Å²) in [6, 6.07) is 4.74. The predicted molar refractivity (Wildman–Crippen MR) is 67.5 cm³/mol. The normalized spacial score (nSPS) is 10.7. The van der Waals surface area contributed by atoms with Crippen LogP contribution in [0.1, 0.15) is 31.7 Å². The molecule has 0 radical (unpaired) electrons. The van der Waals surface area contributed by atoms with Gasteiger partial charge in [0.2, 0.25) is 0 Å². The fourth-order valence-corrected chi connectivity index (χ4v) is 1.80. The molecule has 0 unspecified atom stereocenters. The van der Waals surface area contributed by atoms with Gasteiger partial charge >= 0.3 is 0 Å². The second-order valence-electron chi connectivity index (χ2n) is 3.94. The second-order valence-corrected chi connectivity index (χ2v) is 4.38. The number of hydrogen-bond donors (Lipinski definition) is 1. The molecule has 0 aliphatic heterocycles. The lowest BCUT2D eigenvalue weighted by molar-refractivity contribution is 0.585. The van der Waals surface area contributed by atoms with Crippen LogP contribution in [0.3, 0.4) is 0 Å². The third-order valence-electron chi connectivity index (χ3n) is 2.48. The van der Waals surface area contributed by atoms with E-state index >= 15 is 0 Å². The van der Waals surface area contributed by atoms with Crippen LogP contribution in [0.15, 0.2) is 18.2 Å². The molecule has 1 N–H and O–H groups in total. The maximum Gasteiger partial charge on any atom is 0.126 e. The maximum absolute atomic E-state index is 13.3. The number of nitrogens with one attached hydrogen (secondary N) is 1. The van der Waals surface area contributed by atoms with Crippen molar-refractivity contribution < 1.29 is 4.39 Å². The van der Waals surface area contributed by atoms with Crippen molar-refractivity contribution in [2.45, 2.75) is 32.6 Å². The van der Waals surface area contributed by atoms with Crippen molar-refractivity contribution in [2.24, 2.45) is 0 Å². The molecule has 1 aromatic carbocycles. The molecule has 3 heteroatoms. The first-order chi connectivity index (χ1) is 7.74. The van der Waals surface area contributed by atoms with Crippen molar-refractivity contribution in [3.05, 3.63) is 34.6 Å². The Bertz CT molecular complexity index is 315. The summed E-state index contributed by atoms with van der Waals surface area (Å²) in [7, 11) is 0. The average Bonchev–Trinajstić information content (AvgIpc) is 2.28. The van der Waals surface area contributed by atoms with Gasteiger partial charge in [-0.25, -0.2) is 4.39 Å². The summed E-state index contributed by atoms with van der Waals surface area (Å²) in [5.74, 6) is -0.147. The van der Waals surface area contributed by atoms with Gasteiger partial charge in [-0.15, -0.1) is 0 Å². The van der Waals surface area contributed by atoms with E-state index in [1.54, 1.807) is 12.1 Å². The third kappa shape index (κ3) is 4.95.